The van der Waals surface area contributed by atoms with Gasteiger partial charge in [0.15, 0.2) is 0 Å². The molecule has 0 saturated carbocycles. The second-order valence-electron chi connectivity index (χ2n) is 4.54. The first-order valence-corrected chi connectivity index (χ1v) is 8.38. The first kappa shape index (κ1) is 13.8. The maximum Gasteiger partial charge on any atom is 0.347 e. The molecule has 3 rings (SSSR count). The highest BCUT2D eigenvalue weighted by Crippen LogP contribution is 2.28. The van der Waals surface area contributed by atoms with Crippen LogP contribution in [0.1, 0.15) is 15.2 Å². The maximum atomic E-state index is 12.7. The van der Waals surface area contributed by atoms with Crippen LogP contribution in [0.2, 0.25) is 0 Å². The molecule has 5 nitrogen and oxygen atoms in total. The van der Waals surface area contributed by atoms with E-state index in [4.69, 9.17) is 5.11 Å². The Morgan fingerprint density at radius 3 is 2.71 bits per heavy atom. The standard InChI is InChI=1S/C14H11NO4S2/c1-9-3-2-4-11-10(9)5-7-15(11)21(18,19)12-6-8-20-13(12)14(16)17/h2-8H,1H3,(H,16,17). The normalized spacial score (nSPS) is 11.9. The number of rotatable bonds is 3. The van der Waals surface area contributed by atoms with Crippen LogP contribution in [0.3, 0.4) is 0 Å². The Morgan fingerprint density at radius 1 is 1.24 bits per heavy atom. The van der Waals surface area contributed by atoms with Crippen molar-refractivity contribution < 1.29 is 18.3 Å². The molecule has 0 aliphatic carbocycles. The average molecular weight is 321 g/mol. The number of benzene rings is 1. The van der Waals surface area contributed by atoms with Crippen LogP contribution in [0.4, 0.5) is 0 Å². The van der Waals surface area contributed by atoms with Gasteiger partial charge in [0.05, 0.1) is 5.52 Å². The van der Waals surface area contributed by atoms with Crippen LogP contribution in [0.25, 0.3) is 10.9 Å². The number of hydrogen-bond acceptors (Lipinski definition) is 4. The Bertz CT molecular complexity index is 950. The van der Waals surface area contributed by atoms with Crippen molar-refractivity contribution in [3.8, 4) is 0 Å². The predicted molar refractivity (Wildman–Crippen MR) is 80.5 cm³/mol. The molecule has 21 heavy (non-hydrogen) atoms. The van der Waals surface area contributed by atoms with Crippen molar-refractivity contribution >= 4 is 38.2 Å². The van der Waals surface area contributed by atoms with Crippen LogP contribution in [0.15, 0.2) is 46.8 Å². The summed E-state index contributed by atoms with van der Waals surface area (Å²) in [6, 6.07) is 8.41. The summed E-state index contributed by atoms with van der Waals surface area (Å²) in [5, 5.41) is 11.4. The van der Waals surface area contributed by atoms with Crippen LogP contribution >= 0.6 is 11.3 Å². The SMILES string of the molecule is Cc1cccc2c1ccn2S(=O)(=O)c1ccsc1C(=O)O. The number of fused-ring (bicyclic) bond motifs is 1. The van der Waals surface area contributed by atoms with Crippen LogP contribution in [-0.2, 0) is 10.0 Å². The zero-order chi connectivity index (χ0) is 15.2. The van der Waals surface area contributed by atoms with E-state index in [9.17, 15) is 13.2 Å². The third-order valence-corrected chi connectivity index (χ3v) is 6.04. The van der Waals surface area contributed by atoms with Crippen molar-refractivity contribution in [1.82, 2.24) is 3.97 Å². The van der Waals surface area contributed by atoms with E-state index < -0.39 is 16.0 Å². The summed E-state index contributed by atoms with van der Waals surface area (Å²) in [6.07, 6.45) is 1.45. The molecule has 3 aromatic rings. The minimum atomic E-state index is -3.93. The van der Waals surface area contributed by atoms with Gasteiger partial charge in [-0.15, -0.1) is 11.3 Å². The summed E-state index contributed by atoms with van der Waals surface area (Å²) in [5.74, 6) is -1.24. The Kier molecular flexibility index (Phi) is 3.11. The van der Waals surface area contributed by atoms with E-state index in [-0.39, 0.29) is 9.77 Å². The van der Waals surface area contributed by atoms with E-state index in [2.05, 4.69) is 0 Å². The molecule has 0 radical (unpaired) electrons. The highest BCUT2D eigenvalue weighted by atomic mass is 32.2. The molecule has 0 atom stereocenters. The fourth-order valence-corrected chi connectivity index (χ4v) is 4.85. The van der Waals surface area contributed by atoms with Crippen LogP contribution in [-0.4, -0.2) is 23.5 Å². The van der Waals surface area contributed by atoms with Gasteiger partial charge in [0.25, 0.3) is 10.0 Å². The second kappa shape index (κ2) is 4.71. The van der Waals surface area contributed by atoms with Gasteiger partial charge in [-0.1, -0.05) is 12.1 Å². The van der Waals surface area contributed by atoms with Gasteiger partial charge < -0.3 is 5.11 Å². The van der Waals surface area contributed by atoms with E-state index in [0.29, 0.717) is 5.52 Å². The lowest BCUT2D eigenvalue weighted by Gasteiger charge is -2.07. The minimum Gasteiger partial charge on any atom is -0.477 e. The maximum absolute atomic E-state index is 12.7. The number of aromatic nitrogens is 1. The highest BCUT2D eigenvalue weighted by molar-refractivity contribution is 7.90. The summed E-state index contributed by atoms with van der Waals surface area (Å²) in [5.41, 5.74) is 1.50. The van der Waals surface area contributed by atoms with Gasteiger partial charge in [0, 0.05) is 11.6 Å². The third kappa shape index (κ3) is 2.05. The molecule has 0 saturated heterocycles. The number of nitrogens with zero attached hydrogens (tertiary/aromatic N) is 1. The van der Waals surface area contributed by atoms with Crippen LogP contribution < -0.4 is 0 Å². The van der Waals surface area contributed by atoms with E-state index in [1.807, 2.05) is 13.0 Å². The molecule has 0 spiro atoms. The van der Waals surface area contributed by atoms with Gasteiger partial charge in [0.1, 0.15) is 9.77 Å². The summed E-state index contributed by atoms with van der Waals surface area (Å²) in [7, 11) is -3.93. The van der Waals surface area contributed by atoms with Gasteiger partial charge >= 0.3 is 5.97 Å². The Labute approximate surface area is 125 Å². The second-order valence-corrected chi connectivity index (χ2v) is 7.24. The number of thiophene rings is 1. The van der Waals surface area contributed by atoms with E-state index in [0.717, 1.165) is 26.3 Å². The van der Waals surface area contributed by atoms with Crippen molar-refractivity contribution in [2.75, 3.05) is 0 Å². The molecule has 0 aliphatic rings. The molecule has 1 N–H and O–H groups in total. The average Bonchev–Trinajstić information content (AvgIpc) is 3.06. The fourth-order valence-electron chi connectivity index (χ4n) is 2.27. The molecule has 0 bridgehead atoms. The zero-order valence-corrected chi connectivity index (χ0v) is 12.6. The van der Waals surface area contributed by atoms with E-state index >= 15 is 0 Å². The van der Waals surface area contributed by atoms with Crippen molar-refractivity contribution in [3.63, 3.8) is 0 Å². The molecule has 0 amide bonds. The molecule has 1 aromatic carbocycles. The fraction of sp³-hybridized carbons (Fsp3) is 0.0714. The summed E-state index contributed by atoms with van der Waals surface area (Å²) in [6.45, 7) is 1.90. The molecule has 2 heterocycles. The van der Waals surface area contributed by atoms with Gasteiger partial charge in [0.2, 0.25) is 0 Å². The largest absolute Gasteiger partial charge is 0.477 e. The lowest BCUT2D eigenvalue weighted by molar-refractivity contribution is 0.0698. The molecule has 2 aromatic heterocycles. The van der Waals surface area contributed by atoms with Crippen molar-refractivity contribution in [3.05, 3.63) is 52.3 Å². The number of aryl methyl sites for hydroxylation is 1. The molecule has 108 valence electrons. The minimum absolute atomic E-state index is 0.176. The topological polar surface area (TPSA) is 76.4 Å². The summed E-state index contributed by atoms with van der Waals surface area (Å²) in [4.78, 5) is 10.8. The monoisotopic (exact) mass is 321 g/mol. The van der Waals surface area contributed by atoms with E-state index in [1.54, 1.807) is 18.2 Å². The Balaban J connectivity index is 2.29. The van der Waals surface area contributed by atoms with Gasteiger partial charge in [-0.3, -0.25) is 0 Å². The van der Waals surface area contributed by atoms with Gasteiger partial charge in [-0.2, -0.15) is 0 Å². The third-order valence-electron chi connectivity index (χ3n) is 3.28. The first-order chi connectivity index (χ1) is 9.93. The van der Waals surface area contributed by atoms with Crippen LogP contribution in [0.5, 0.6) is 0 Å². The van der Waals surface area contributed by atoms with E-state index in [1.165, 1.54) is 17.6 Å². The predicted octanol–water partition coefficient (Wildman–Crippen LogP) is 2.95. The van der Waals surface area contributed by atoms with Gasteiger partial charge in [-0.25, -0.2) is 17.2 Å². The van der Waals surface area contributed by atoms with Crippen molar-refractivity contribution in [1.29, 1.82) is 0 Å². The quantitative estimate of drug-likeness (QED) is 0.804. The number of carboxylic acid groups (broad SMARTS) is 1. The highest BCUT2D eigenvalue weighted by Gasteiger charge is 2.26. The Morgan fingerprint density at radius 2 is 2.00 bits per heavy atom. The molecular weight excluding hydrogens is 310 g/mol. The summed E-state index contributed by atoms with van der Waals surface area (Å²) >= 11 is 0.898. The van der Waals surface area contributed by atoms with Crippen molar-refractivity contribution in [2.24, 2.45) is 0 Å². The number of hydrogen-bond donors (Lipinski definition) is 1. The Hall–Kier alpha value is -2.12. The van der Waals surface area contributed by atoms with Crippen LogP contribution in [0, 0.1) is 6.92 Å². The lowest BCUT2D eigenvalue weighted by atomic mass is 10.1. The number of carboxylic acids is 1. The number of aromatic carboxylic acids is 1. The molecule has 7 heteroatoms. The zero-order valence-electron chi connectivity index (χ0n) is 11.0. The lowest BCUT2D eigenvalue weighted by Crippen LogP contribution is -2.14. The molecule has 0 fully saturated rings. The number of carbonyl (C=O) groups is 1. The molecule has 0 aliphatic heterocycles. The van der Waals surface area contributed by atoms with Crippen molar-refractivity contribution in [2.45, 2.75) is 11.8 Å². The first-order valence-electron chi connectivity index (χ1n) is 6.06. The smallest absolute Gasteiger partial charge is 0.347 e. The summed E-state index contributed by atoms with van der Waals surface area (Å²) < 4.78 is 26.6. The van der Waals surface area contributed by atoms with Gasteiger partial charge in [-0.05, 0) is 36.1 Å². The molecular formula is C14H11NO4S2. The molecule has 0 unspecified atom stereocenters.